The number of rotatable bonds is 6. The summed E-state index contributed by atoms with van der Waals surface area (Å²) in [5.74, 6) is -5.40. The summed E-state index contributed by atoms with van der Waals surface area (Å²) in [6.45, 7) is 1.13. The average molecular weight is 466 g/mol. The van der Waals surface area contributed by atoms with Gasteiger partial charge in [-0.05, 0) is 41.3 Å². The highest BCUT2D eigenvalue weighted by Gasteiger charge is 2.29. The molecule has 7 nitrogen and oxygen atoms in total. The molecule has 1 atom stereocenters. The van der Waals surface area contributed by atoms with E-state index in [4.69, 9.17) is 9.84 Å². The van der Waals surface area contributed by atoms with Crippen molar-refractivity contribution in [3.05, 3.63) is 89.0 Å². The molecule has 0 fully saturated rings. The number of amides is 2. The first-order chi connectivity index (χ1) is 16.3. The Hall–Kier alpha value is -4.27. The lowest BCUT2D eigenvalue weighted by molar-refractivity contribution is -0.138. The number of fused-ring (bicyclic) bond motifs is 3. The van der Waals surface area contributed by atoms with Crippen molar-refractivity contribution in [1.82, 2.24) is 5.32 Å². The normalized spacial score (nSPS) is 12.9. The molecular weight excluding hydrogens is 446 g/mol. The van der Waals surface area contributed by atoms with Gasteiger partial charge in [0.2, 0.25) is 0 Å². The van der Waals surface area contributed by atoms with Crippen LogP contribution in [0.3, 0.4) is 0 Å². The standard InChI is InChI=1S/C25H20F2N2O5/c1-13(24(31)32)28-23(30)21-19(26)10-11-20(22(21)27)29-25(33)34-12-18-16-8-4-2-6-14(16)15-7-3-5-9-17(15)18/h2-11,13,18H,12H2,1H3,(H,28,30)(H,29,33)(H,31,32)/t13-/m1/s1. The minimum atomic E-state index is -1.37. The predicted molar refractivity (Wildman–Crippen MR) is 120 cm³/mol. The maximum Gasteiger partial charge on any atom is 0.411 e. The number of carboxylic acids is 1. The highest BCUT2D eigenvalue weighted by atomic mass is 19.1. The average Bonchev–Trinajstić information content (AvgIpc) is 3.13. The Balaban J connectivity index is 1.48. The maximum absolute atomic E-state index is 14.8. The van der Waals surface area contributed by atoms with Crippen molar-refractivity contribution in [2.45, 2.75) is 18.9 Å². The summed E-state index contributed by atoms with van der Waals surface area (Å²) < 4.78 is 34.3. The third-order valence-corrected chi connectivity index (χ3v) is 5.62. The molecular formula is C25H20F2N2O5. The summed E-state index contributed by atoms with van der Waals surface area (Å²) in [5.41, 5.74) is 2.59. The molecule has 9 heteroatoms. The lowest BCUT2D eigenvalue weighted by Gasteiger charge is -2.16. The SMILES string of the molecule is C[C@@H](NC(=O)c1c(F)ccc(NC(=O)OCC2c3ccccc3-c3ccccc32)c1F)C(=O)O. The van der Waals surface area contributed by atoms with E-state index in [0.717, 1.165) is 41.3 Å². The summed E-state index contributed by atoms with van der Waals surface area (Å²) in [5, 5.41) is 13.0. The number of hydrogen-bond acceptors (Lipinski definition) is 4. The first-order valence-corrected chi connectivity index (χ1v) is 10.4. The summed E-state index contributed by atoms with van der Waals surface area (Å²) in [6.07, 6.45) is -0.988. The number of carbonyl (C=O) groups excluding carboxylic acids is 2. The van der Waals surface area contributed by atoms with Crippen LogP contribution in [0.5, 0.6) is 0 Å². The van der Waals surface area contributed by atoms with E-state index in [1.165, 1.54) is 0 Å². The van der Waals surface area contributed by atoms with Gasteiger partial charge in [-0.2, -0.15) is 0 Å². The van der Waals surface area contributed by atoms with Gasteiger partial charge in [0.15, 0.2) is 5.82 Å². The van der Waals surface area contributed by atoms with Crippen molar-refractivity contribution in [1.29, 1.82) is 0 Å². The molecule has 2 amide bonds. The predicted octanol–water partition coefficient (Wildman–Crippen LogP) is 4.53. The highest BCUT2D eigenvalue weighted by molar-refractivity contribution is 5.98. The molecule has 3 aromatic rings. The molecule has 0 bridgehead atoms. The molecule has 0 aromatic heterocycles. The smallest absolute Gasteiger partial charge is 0.411 e. The van der Waals surface area contributed by atoms with Crippen molar-refractivity contribution >= 4 is 23.7 Å². The topological polar surface area (TPSA) is 105 Å². The van der Waals surface area contributed by atoms with Crippen molar-refractivity contribution in [2.75, 3.05) is 11.9 Å². The van der Waals surface area contributed by atoms with Gasteiger partial charge in [-0.15, -0.1) is 0 Å². The van der Waals surface area contributed by atoms with Gasteiger partial charge in [-0.25, -0.2) is 13.6 Å². The van der Waals surface area contributed by atoms with Crippen LogP contribution in [0.15, 0.2) is 60.7 Å². The number of nitrogens with one attached hydrogen (secondary N) is 2. The van der Waals surface area contributed by atoms with E-state index >= 15 is 0 Å². The van der Waals surface area contributed by atoms with Gasteiger partial charge < -0.3 is 15.2 Å². The third-order valence-electron chi connectivity index (χ3n) is 5.62. The van der Waals surface area contributed by atoms with Crippen LogP contribution < -0.4 is 10.6 Å². The molecule has 0 spiro atoms. The van der Waals surface area contributed by atoms with Gasteiger partial charge in [-0.1, -0.05) is 48.5 Å². The molecule has 4 rings (SSSR count). The summed E-state index contributed by atoms with van der Waals surface area (Å²) in [6, 6.07) is 15.9. The Bertz CT molecular complexity index is 1250. The van der Waals surface area contributed by atoms with Crippen LogP contribution in [-0.2, 0) is 9.53 Å². The van der Waals surface area contributed by atoms with E-state index < -0.39 is 46.9 Å². The van der Waals surface area contributed by atoms with E-state index in [1.807, 2.05) is 53.8 Å². The second-order valence-electron chi connectivity index (χ2n) is 7.77. The Labute approximate surface area is 193 Å². The number of anilines is 1. The van der Waals surface area contributed by atoms with Crippen LogP contribution in [0.4, 0.5) is 19.3 Å². The fraction of sp³-hybridized carbons (Fsp3) is 0.160. The van der Waals surface area contributed by atoms with Crippen LogP contribution >= 0.6 is 0 Å². The number of aliphatic carboxylic acids is 1. The zero-order valence-electron chi connectivity index (χ0n) is 18.0. The molecule has 0 saturated heterocycles. The summed E-state index contributed by atoms with van der Waals surface area (Å²) in [7, 11) is 0. The molecule has 1 aliphatic rings. The first kappa shape index (κ1) is 22.9. The molecule has 0 unspecified atom stereocenters. The van der Waals surface area contributed by atoms with Gasteiger partial charge >= 0.3 is 12.1 Å². The second kappa shape index (κ2) is 9.30. The number of ether oxygens (including phenoxy) is 1. The molecule has 0 heterocycles. The van der Waals surface area contributed by atoms with E-state index in [0.29, 0.717) is 0 Å². The molecule has 3 N–H and O–H groups in total. The van der Waals surface area contributed by atoms with Gasteiger partial charge in [0.1, 0.15) is 24.0 Å². The Kier molecular flexibility index (Phi) is 6.27. The largest absolute Gasteiger partial charge is 0.480 e. The lowest BCUT2D eigenvalue weighted by atomic mass is 9.98. The van der Waals surface area contributed by atoms with Crippen LogP contribution in [0.1, 0.15) is 34.3 Å². The maximum atomic E-state index is 14.8. The molecule has 0 radical (unpaired) electrons. The zero-order chi connectivity index (χ0) is 24.4. The third kappa shape index (κ3) is 4.32. The molecule has 3 aromatic carbocycles. The number of carbonyl (C=O) groups is 3. The van der Waals surface area contributed by atoms with Crippen molar-refractivity contribution < 1.29 is 33.0 Å². The zero-order valence-corrected chi connectivity index (χ0v) is 18.0. The van der Waals surface area contributed by atoms with E-state index in [-0.39, 0.29) is 12.5 Å². The van der Waals surface area contributed by atoms with Crippen LogP contribution in [0.25, 0.3) is 11.1 Å². The fourth-order valence-corrected chi connectivity index (χ4v) is 3.93. The summed E-state index contributed by atoms with van der Waals surface area (Å²) in [4.78, 5) is 35.5. The molecule has 0 saturated carbocycles. The minimum absolute atomic E-state index is 0.0217. The van der Waals surface area contributed by atoms with Crippen molar-refractivity contribution in [2.24, 2.45) is 0 Å². The molecule has 174 valence electrons. The van der Waals surface area contributed by atoms with Crippen LogP contribution in [0, 0.1) is 11.6 Å². The first-order valence-electron chi connectivity index (χ1n) is 10.4. The number of hydrogen-bond donors (Lipinski definition) is 3. The second-order valence-corrected chi connectivity index (χ2v) is 7.77. The van der Waals surface area contributed by atoms with Crippen LogP contribution in [0.2, 0.25) is 0 Å². The van der Waals surface area contributed by atoms with E-state index in [2.05, 4.69) is 5.32 Å². The van der Waals surface area contributed by atoms with Crippen molar-refractivity contribution in [3.63, 3.8) is 0 Å². The number of halogens is 2. The monoisotopic (exact) mass is 466 g/mol. The van der Waals surface area contributed by atoms with E-state index in [9.17, 15) is 23.2 Å². The van der Waals surface area contributed by atoms with Gasteiger partial charge in [0.25, 0.3) is 5.91 Å². The number of carboxylic acid groups (broad SMARTS) is 1. The highest BCUT2D eigenvalue weighted by Crippen LogP contribution is 2.44. The summed E-state index contributed by atoms with van der Waals surface area (Å²) >= 11 is 0. The quantitative estimate of drug-likeness (QED) is 0.495. The number of benzene rings is 3. The Morgan fingerprint density at radius 2 is 1.56 bits per heavy atom. The van der Waals surface area contributed by atoms with Crippen molar-refractivity contribution in [3.8, 4) is 11.1 Å². The van der Waals surface area contributed by atoms with Gasteiger partial charge in [0.05, 0.1) is 5.69 Å². The lowest BCUT2D eigenvalue weighted by Crippen LogP contribution is -2.39. The Morgan fingerprint density at radius 3 is 2.15 bits per heavy atom. The molecule has 1 aliphatic carbocycles. The Morgan fingerprint density at radius 1 is 0.971 bits per heavy atom. The van der Waals surface area contributed by atoms with Gasteiger partial charge in [-0.3, -0.25) is 14.9 Å². The molecule has 34 heavy (non-hydrogen) atoms. The van der Waals surface area contributed by atoms with E-state index in [1.54, 1.807) is 0 Å². The molecule has 0 aliphatic heterocycles. The fourth-order valence-electron chi connectivity index (χ4n) is 3.93. The van der Waals surface area contributed by atoms with Crippen LogP contribution in [-0.4, -0.2) is 35.7 Å². The minimum Gasteiger partial charge on any atom is -0.480 e. The van der Waals surface area contributed by atoms with Gasteiger partial charge in [0, 0.05) is 5.92 Å².